The molecule has 0 radical (unpaired) electrons. The number of rotatable bonds is 1. The molecule has 21 heavy (non-hydrogen) atoms. The normalized spacial score (nSPS) is 16.1. The topological polar surface area (TPSA) is 49.9 Å². The second kappa shape index (κ2) is 5.71. The van der Waals surface area contributed by atoms with E-state index in [-0.39, 0.29) is 12.5 Å². The quantitative estimate of drug-likeness (QED) is 0.799. The van der Waals surface area contributed by atoms with E-state index in [1.54, 1.807) is 32.9 Å². The van der Waals surface area contributed by atoms with Crippen molar-refractivity contribution in [2.24, 2.45) is 0 Å². The van der Waals surface area contributed by atoms with Crippen molar-refractivity contribution in [1.29, 1.82) is 0 Å². The average Bonchev–Trinajstić information content (AvgIpc) is 2.36. The highest BCUT2D eigenvalue weighted by Crippen LogP contribution is 2.19. The summed E-state index contributed by atoms with van der Waals surface area (Å²) in [6, 6.07) is 5.86. The summed E-state index contributed by atoms with van der Waals surface area (Å²) < 4.78 is 18.5. The molecule has 5 nitrogen and oxygen atoms in total. The Morgan fingerprint density at radius 1 is 1.29 bits per heavy atom. The lowest BCUT2D eigenvalue weighted by molar-refractivity contribution is -0.121. The molecule has 1 aromatic carbocycles. The highest BCUT2D eigenvalue weighted by atomic mass is 19.1. The molecule has 1 saturated heterocycles. The molecule has 1 aliphatic heterocycles. The van der Waals surface area contributed by atoms with Crippen LogP contribution in [0.3, 0.4) is 0 Å². The molecule has 0 unspecified atom stereocenters. The Balaban J connectivity index is 2.03. The SMILES string of the molecule is CC(C)(C)OC(=O)N1CCN(c2cccc(F)c2)C(=O)C1. The number of amides is 2. The molecular weight excluding hydrogens is 275 g/mol. The smallest absolute Gasteiger partial charge is 0.410 e. The number of nitrogens with zero attached hydrogens (tertiary/aromatic N) is 2. The van der Waals surface area contributed by atoms with Gasteiger partial charge in [0.1, 0.15) is 18.0 Å². The summed E-state index contributed by atoms with van der Waals surface area (Å²) in [7, 11) is 0. The van der Waals surface area contributed by atoms with Gasteiger partial charge in [-0.05, 0) is 39.0 Å². The van der Waals surface area contributed by atoms with Crippen molar-refractivity contribution in [1.82, 2.24) is 4.90 Å². The predicted molar refractivity (Wildman–Crippen MR) is 76.6 cm³/mol. The van der Waals surface area contributed by atoms with Crippen molar-refractivity contribution in [3.8, 4) is 0 Å². The van der Waals surface area contributed by atoms with Gasteiger partial charge in [-0.15, -0.1) is 0 Å². The summed E-state index contributed by atoms with van der Waals surface area (Å²) in [4.78, 5) is 26.9. The van der Waals surface area contributed by atoms with E-state index in [2.05, 4.69) is 0 Å². The van der Waals surface area contributed by atoms with Crippen molar-refractivity contribution in [3.05, 3.63) is 30.1 Å². The first-order valence-electron chi connectivity index (χ1n) is 6.80. The molecule has 0 aromatic heterocycles. The molecule has 1 aromatic rings. The molecule has 0 saturated carbocycles. The number of anilines is 1. The Hall–Kier alpha value is -2.11. The van der Waals surface area contributed by atoms with Crippen molar-refractivity contribution >= 4 is 17.7 Å². The number of benzene rings is 1. The molecule has 2 rings (SSSR count). The first-order valence-corrected chi connectivity index (χ1v) is 6.80. The standard InChI is InChI=1S/C15H19FN2O3/c1-15(2,3)21-14(20)17-7-8-18(13(19)10-17)12-6-4-5-11(16)9-12/h4-6,9H,7-8,10H2,1-3H3. The Morgan fingerprint density at radius 2 is 2.00 bits per heavy atom. The molecule has 0 spiro atoms. The van der Waals surface area contributed by atoms with Gasteiger partial charge in [-0.25, -0.2) is 9.18 Å². The maximum Gasteiger partial charge on any atom is 0.410 e. The van der Waals surface area contributed by atoms with Crippen LogP contribution < -0.4 is 4.90 Å². The molecular formula is C15H19FN2O3. The fraction of sp³-hybridized carbons (Fsp3) is 0.467. The van der Waals surface area contributed by atoms with E-state index >= 15 is 0 Å². The zero-order valence-corrected chi connectivity index (χ0v) is 12.4. The van der Waals surface area contributed by atoms with Gasteiger partial charge in [0.2, 0.25) is 5.91 Å². The number of carbonyl (C=O) groups excluding carboxylic acids is 2. The molecule has 0 N–H and O–H groups in total. The zero-order valence-electron chi connectivity index (χ0n) is 12.4. The van der Waals surface area contributed by atoms with Crippen LogP contribution in [0.25, 0.3) is 0 Å². The molecule has 0 bridgehead atoms. The third-order valence-corrected chi connectivity index (χ3v) is 2.99. The summed E-state index contributed by atoms with van der Waals surface area (Å²) in [5.74, 6) is -0.646. The number of ether oxygens (including phenoxy) is 1. The van der Waals surface area contributed by atoms with Gasteiger partial charge in [0, 0.05) is 18.8 Å². The zero-order chi connectivity index (χ0) is 15.6. The van der Waals surface area contributed by atoms with Crippen molar-refractivity contribution < 1.29 is 18.7 Å². The van der Waals surface area contributed by atoms with Gasteiger partial charge in [-0.1, -0.05) is 6.07 Å². The van der Waals surface area contributed by atoms with Gasteiger partial charge in [0.15, 0.2) is 0 Å². The molecule has 1 heterocycles. The third-order valence-electron chi connectivity index (χ3n) is 2.99. The monoisotopic (exact) mass is 294 g/mol. The van der Waals surface area contributed by atoms with Crippen LogP contribution in [0.15, 0.2) is 24.3 Å². The van der Waals surface area contributed by atoms with Crippen LogP contribution in [-0.4, -0.2) is 42.1 Å². The van der Waals surface area contributed by atoms with Crippen molar-refractivity contribution in [2.45, 2.75) is 26.4 Å². The third kappa shape index (κ3) is 3.93. The maximum absolute atomic E-state index is 13.2. The van der Waals surface area contributed by atoms with Crippen LogP contribution >= 0.6 is 0 Å². The van der Waals surface area contributed by atoms with Crippen LogP contribution in [-0.2, 0) is 9.53 Å². The number of piperazine rings is 1. The van der Waals surface area contributed by atoms with Gasteiger partial charge in [0.05, 0.1) is 0 Å². The van der Waals surface area contributed by atoms with E-state index in [9.17, 15) is 14.0 Å². The van der Waals surface area contributed by atoms with Gasteiger partial charge >= 0.3 is 6.09 Å². The van der Waals surface area contributed by atoms with Crippen LogP contribution in [0.5, 0.6) is 0 Å². The molecule has 1 fully saturated rings. The van der Waals surface area contributed by atoms with E-state index < -0.39 is 17.5 Å². The molecule has 114 valence electrons. The highest BCUT2D eigenvalue weighted by molar-refractivity contribution is 5.97. The van der Waals surface area contributed by atoms with Crippen LogP contribution in [0.2, 0.25) is 0 Å². The van der Waals surface area contributed by atoms with Crippen molar-refractivity contribution in [3.63, 3.8) is 0 Å². The predicted octanol–water partition coefficient (Wildman–Crippen LogP) is 2.41. The summed E-state index contributed by atoms with van der Waals surface area (Å²) in [5, 5.41) is 0. The van der Waals surface area contributed by atoms with E-state index in [1.165, 1.54) is 21.9 Å². The lowest BCUT2D eigenvalue weighted by Crippen LogP contribution is -2.53. The van der Waals surface area contributed by atoms with Gasteiger partial charge in [-0.2, -0.15) is 0 Å². The van der Waals surface area contributed by atoms with Crippen LogP contribution in [0.1, 0.15) is 20.8 Å². The Bertz CT molecular complexity index is 554. The van der Waals surface area contributed by atoms with E-state index in [0.29, 0.717) is 18.8 Å². The van der Waals surface area contributed by atoms with Gasteiger partial charge < -0.3 is 9.64 Å². The molecule has 1 aliphatic rings. The number of halogens is 1. The minimum absolute atomic E-state index is 0.0641. The molecule has 0 atom stereocenters. The molecule has 0 aliphatic carbocycles. The van der Waals surface area contributed by atoms with Crippen molar-refractivity contribution in [2.75, 3.05) is 24.5 Å². The Labute approximate surface area is 123 Å². The summed E-state index contributed by atoms with van der Waals surface area (Å²) in [5.41, 5.74) is -0.0938. The highest BCUT2D eigenvalue weighted by Gasteiger charge is 2.30. The van der Waals surface area contributed by atoms with E-state index in [4.69, 9.17) is 4.74 Å². The lowest BCUT2D eigenvalue weighted by Gasteiger charge is -2.35. The second-order valence-electron chi connectivity index (χ2n) is 5.93. The molecule has 2 amide bonds. The fourth-order valence-corrected chi connectivity index (χ4v) is 2.07. The molecule has 6 heteroatoms. The first-order chi connectivity index (χ1) is 9.76. The lowest BCUT2D eigenvalue weighted by atomic mass is 10.2. The van der Waals surface area contributed by atoms with E-state index in [0.717, 1.165) is 0 Å². The van der Waals surface area contributed by atoms with E-state index in [1.807, 2.05) is 0 Å². The van der Waals surface area contributed by atoms with Gasteiger partial charge in [0.25, 0.3) is 0 Å². The first kappa shape index (κ1) is 15.3. The minimum Gasteiger partial charge on any atom is -0.444 e. The minimum atomic E-state index is -0.597. The largest absolute Gasteiger partial charge is 0.444 e. The van der Waals surface area contributed by atoms with Crippen LogP contribution in [0.4, 0.5) is 14.9 Å². The Morgan fingerprint density at radius 3 is 2.57 bits per heavy atom. The maximum atomic E-state index is 13.2. The van der Waals surface area contributed by atoms with Gasteiger partial charge in [-0.3, -0.25) is 9.69 Å². The number of hydrogen-bond acceptors (Lipinski definition) is 3. The number of hydrogen-bond donors (Lipinski definition) is 0. The average molecular weight is 294 g/mol. The summed E-state index contributed by atoms with van der Waals surface area (Å²) in [6.07, 6.45) is -0.505. The second-order valence-corrected chi connectivity index (χ2v) is 5.93. The fourth-order valence-electron chi connectivity index (χ4n) is 2.07. The number of carbonyl (C=O) groups is 2. The summed E-state index contributed by atoms with van der Waals surface area (Å²) >= 11 is 0. The Kier molecular flexibility index (Phi) is 4.16. The summed E-state index contributed by atoms with van der Waals surface area (Å²) in [6.45, 7) is 5.94. The van der Waals surface area contributed by atoms with Crippen LogP contribution in [0, 0.1) is 5.82 Å².